The van der Waals surface area contributed by atoms with E-state index in [9.17, 15) is 5.11 Å². The average Bonchev–Trinajstić information content (AvgIpc) is 2.95. The number of aromatic nitrogens is 4. The summed E-state index contributed by atoms with van der Waals surface area (Å²) >= 11 is 5.90. The minimum atomic E-state index is -0.434. The number of allylic oxidation sites excluding steroid dienone is 1. The minimum Gasteiger partial charge on any atom is -0.389 e. The van der Waals surface area contributed by atoms with Gasteiger partial charge in [-0.1, -0.05) is 12.2 Å². The monoisotopic (exact) mass is 281 g/mol. The molecule has 2 aromatic heterocycles. The summed E-state index contributed by atoms with van der Waals surface area (Å²) in [6.07, 6.45) is 5.50. The van der Waals surface area contributed by atoms with Crippen LogP contribution in [0, 0.1) is 0 Å². The fourth-order valence-electron chi connectivity index (χ4n) is 2.17. The van der Waals surface area contributed by atoms with E-state index in [0.29, 0.717) is 23.4 Å². The molecule has 1 aliphatic rings. The lowest BCUT2D eigenvalue weighted by atomic mass is 10.2. The molecular formula is C11H12ClN5O2. The Morgan fingerprint density at radius 3 is 3.00 bits per heavy atom. The highest BCUT2D eigenvalue weighted by molar-refractivity contribution is 6.28. The van der Waals surface area contributed by atoms with Gasteiger partial charge in [0, 0.05) is 6.42 Å². The first-order chi connectivity index (χ1) is 9.19. The number of imidazole rings is 1. The van der Waals surface area contributed by atoms with Crippen LogP contribution < -0.4 is 5.48 Å². The van der Waals surface area contributed by atoms with E-state index >= 15 is 0 Å². The molecule has 0 spiro atoms. The zero-order chi connectivity index (χ0) is 13.4. The topological polar surface area (TPSA) is 85.1 Å². The Kier molecular flexibility index (Phi) is 3.09. The van der Waals surface area contributed by atoms with Crippen LogP contribution in [0.5, 0.6) is 0 Å². The van der Waals surface area contributed by atoms with Gasteiger partial charge in [-0.2, -0.15) is 9.97 Å². The van der Waals surface area contributed by atoms with Crippen molar-refractivity contribution < 1.29 is 9.94 Å². The van der Waals surface area contributed by atoms with Gasteiger partial charge in [0.15, 0.2) is 17.0 Å². The van der Waals surface area contributed by atoms with E-state index in [2.05, 4.69) is 20.4 Å². The van der Waals surface area contributed by atoms with Crippen molar-refractivity contribution in [1.82, 2.24) is 19.5 Å². The van der Waals surface area contributed by atoms with Crippen molar-refractivity contribution in [3.8, 4) is 0 Å². The van der Waals surface area contributed by atoms with Crippen LogP contribution in [0.1, 0.15) is 12.5 Å². The normalized spacial score (nSPS) is 22.3. The molecule has 19 heavy (non-hydrogen) atoms. The van der Waals surface area contributed by atoms with Crippen molar-refractivity contribution in [3.63, 3.8) is 0 Å². The van der Waals surface area contributed by atoms with E-state index in [0.717, 1.165) is 0 Å². The van der Waals surface area contributed by atoms with Crippen molar-refractivity contribution in [3.05, 3.63) is 23.8 Å². The molecule has 2 atom stereocenters. The molecule has 8 heteroatoms. The van der Waals surface area contributed by atoms with Gasteiger partial charge < -0.3 is 9.67 Å². The molecule has 0 bridgehead atoms. The summed E-state index contributed by atoms with van der Waals surface area (Å²) < 4.78 is 1.86. The first kappa shape index (κ1) is 12.3. The van der Waals surface area contributed by atoms with E-state index in [-0.39, 0.29) is 11.3 Å². The minimum absolute atomic E-state index is 0.0151. The Labute approximate surface area is 113 Å². The van der Waals surface area contributed by atoms with E-state index < -0.39 is 6.10 Å². The molecule has 0 aliphatic heterocycles. The molecule has 3 rings (SSSR count). The van der Waals surface area contributed by atoms with Gasteiger partial charge in [0.05, 0.1) is 25.6 Å². The number of aliphatic hydroxyl groups excluding tert-OH is 1. The molecule has 0 fully saturated rings. The predicted molar refractivity (Wildman–Crippen MR) is 69.8 cm³/mol. The van der Waals surface area contributed by atoms with Crippen molar-refractivity contribution in [1.29, 1.82) is 0 Å². The van der Waals surface area contributed by atoms with Crippen LogP contribution >= 0.6 is 11.6 Å². The Bertz CT molecular complexity index is 641. The van der Waals surface area contributed by atoms with E-state index in [4.69, 9.17) is 16.4 Å². The standard InChI is InChI=1S/C11H12ClN5O2/c1-19-16-9-8-10(15-11(12)14-9)17(5-13-8)6-2-3-7(18)4-6/h2-3,5-7,18H,4H2,1H3,(H,14,15,16)/t6?,7-/m1/s1. The molecule has 2 N–H and O–H groups in total. The number of nitrogens with zero attached hydrogens (tertiary/aromatic N) is 4. The number of rotatable bonds is 3. The van der Waals surface area contributed by atoms with Gasteiger partial charge in [-0.15, -0.1) is 0 Å². The van der Waals surface area contributed by atoms with Crippen LogP contribution in [0.4, 0.5) is 5.82 Å². The summed E-state index contributed by atoms with van der Waals surface area (Å²) in [7, 11) is 1.48. The number of nitrogens with one attached hydrogen (secondary N) is 1. The summed E-state index contributed by atoms with van der Waals surface area (Å²) in [6, 6.07) is 0.0151. The van der Waals surface area contributed by atoms with Gasteiger partial charge in [-0.25, -0.2) is 10.5 Å². The van der Waals surface area contributed by atoms with Crippen molar-refractivity contribution >= 4 is 28.6 Å². The number of anilines is 1. The first-order valence-corrected chi connectivity index (χ1v) is 6.12. The lowest BCUT2D eigenvalue weighted by Gasteiger charge is -2.11. The van der Waals surface area contributed by atoms with Crippen molar-refractivity contribution in [2.45, 2.75) is 18.6 Å². The molecule has 0 saturated heterocycles. The van der Waals surface area contributed by atoms with Crippen LogP contribution in [0.15, 0.2) is 18.5 Å². The molecule has 2 heterocycles. The molecule has 0 aromatic carbocycles. The fraction of sp³-hybridized carbons (Fsp3) is 0.364. The Hall–Kier alpha value is -1.70. The molecule has 0 saturated carbocycles. The smallest absolute Gasteiger partial charge is 0.226 e. The van der Waals surface area contributed by atoms with Gasteiger partial charge in [-0.05, 0) is 11.6 Å². The molecular weight excluding hydrogens is 270 g/mol. The van der Waals surface area contributed by atoms with Crippen molar-refractivity contribution in [2.75, 3.05) is 12.6 Å². The second-order valence-electron chi connectivity index (χ2n) is 4.23. The third-order valence-corrected chi connectivity index (χ3v) is 3.16. The highest BCUT2D eigenvalue weighted by Crippen LogP contribution is 2.28. The summed E-state index contributed by atoms with van der Waals surface area (Å²) in [5.41, 5.74) is 3.80. The zero-order valence-electron chi connectivity index (χ0n) is 10.1. The van der Waals surface area contributed by atoms with E-state index in [1.807, 2.05) is 10.6 Å². The highest BCUT2D eigenvalue weighted by atomic mass is 35.5. The Morgan fingerprint density at radius 2 is 2.32 bits per heavy atom. The van der Waals surface area contributed by atoms with Gasteiger partial charge >= 0.3 is 0 Å². The SMILES string of the molecule is CONc1nc(Cl)nc2c1ncn2C1C=C[C@@H](O)C1. The first-order valence-electron chi connectivity index (χ1n) is 5.74. The third kappa shape index (κ3) is 2.16. The maximum atomic E-state index is 9.55. The van der Waals surface area contributed by atoms with E-state index in [1.54, 1.807) is 12.4 Å². The molecule has 1 aliphatic carbocycles. The quantitative estimate of drug-likeness (QED) is 0.501. The summed E-state index contributed by atoms with van der Waals surface area (Å²) in [5.74, 6) is 0.416. The number of hydrogen-bond acceptors (Lipinski definition) is 6. The molecule has 100 valence electrons. The fourth-order valence-corrected chi connectivity index (χ4v) is 2.33. The van der Waals surface area contributed by atoms with Gasteiger partial charge in [-0.3, -0.25) is 4.84 Å². The second kappa shape index (κ2) is 4.76. The van der Waals surface area contributed by atoms with Gasteiger partial charge in [0.1, 0.15) is 0 Å². The number of halogens is 1. The predicted octanol–water partition coefficient (Wildman–Crippen LogP) is 1.31. The summed E-state index contributed by atoms with van der Waals surface area (Å²) in [6.45, 7) is 0. The maximum absolute atomic E-state index is 9.55. The summed E-state index contributed by atoms with van der Waals surface area (Å²) in [5, 5.41) is 9.66. The van der Waals surface area contributed by atoms with Crippen molar-refractivity contribution in [2.24, 2.45) is 0 Å². The highest BCUT2D eigenvalue weighted by Gasteiger charge is 2.22. The maximum Gasteiger partial charge on any atom is 0.226 e. The van der Waals surface area contributed by atoms with E-state index in [1.165, 1.54) is 7.11 Å². The average molecular weight is 282 g/mol. The number of hydrogen-bond donors (Lipinski definition) is 2. The molecule has 7 nitrogen and oxygen atoms in total. The zero-order valence-corrected chi connectivity index (χ0v) is 10.9. The Morgan fingerprint density at radius 1 is 1.47 bits per heavy atom. The lowest BCUT2D eigenvalue weighted by molar-refractivity contribution is 0.211. The molecule has 0 amide bonds. The second-order valence-corrected chi connectivity index (χ2v) is 4.56. The lowest BCUT2D eigenvalue weighted by Crippen LogP contribution is -2.08. The van der Waals surface area contributed by atoms with Crippen LogP contribution in [0.3, 0.4) is 0 Å². The Balaban J connectivity index is 2.10. The third-order valence-electron chi connectivity index (χ3n) is 2.99. The molecule has 1 unspecified atom stereocenters. The van der Waals surface area contributed by atoms with Crippen LogP contribution in [0.2, 0.25) is 5.28 Å². The largest absolute Gasteiger partial charge is 0.389 e. The van der Waals surface area contributed by atoms with Gasteiger partial charge in [0.2, 0.25) is 5.28 Å². The number of aliphatic hydroxyl groups is 1. The van der Waals surface area contributed by atoms with Crippen LogP contribution in [-0.4, -0.2) is 37.8 Å². The summed E-state index contributed by atoms with van der Waals surface area (Å²) in [4.78, 5) is 17.3. The molecule has 2 aromatic rings. The van der Waals surface area contributed by atoms with Crippen LogP contribution in [-0.2, 0) is 4.84 Å². The van der Waals surface area contributed by atoms with Gasteiger partial charge in [0.25, 0.3) is 0 Å². The number of fused-ring (bicyclic) bond motifs is 1. The van der Waals surface area contributed by atoms with Crippen LogP contribution in [0.25, 0.3) is 11.2 Å². The molecule has 0 radical (unpaired) electrons.